The van der Waals surface area contributed by atoms with E-state index < -0.39 is 22.2 Å². The number of methoxy groups -OCH3 is 1. The molecule has 0 aliphatic carbocycles. The summed E-state index contributed by atoms with van der Waals surface area (Å²) in [5, 5.41) is 10.9. The number of hydrogen-bond acceptors (Lipinski definition) is 4. The highest BCUT2D eigenvalue weighted by Crippen LogP contribution is 2.34. The molecule has 7 heteroatoms. The molecule has 1 aliphatic rings. The molecule has 0 bridgehead atoms. The third-order valence-electron chi connectivity index (χ3n) is 3.04. The van der Waals surface area contributed by atoms with Crippen molar-refractivity contribution in [3.63, 3.8) is 0 Å². The lowest BCUT2D eigenvalue weighted by molar-refractivity contribution is -0.384. The molecular weight excluding hydrogens is 246 g/mol. The number of nitro benzene ring substituents is 1. The summed E-state index contributed by atoms with van der Waals surface area (Å²) in [6.07, 6.45) is 0.510. The van der Waals surface area contributed by atoms with Crippen LogP contribution in [0.15, 0.2) is 12.1 Å². The highest BCUT2D eigenvalue weighted by atomic mass is 19.2. The van der Waals surface area contributed by atoms with Gasteiger partial charge in [-0.3, -0.25) is 10.1 Å². The van der Waals surface area contributed by atoms with Crippen LogP contribution in [0.25, 0.3) is 0 Å². The van der Waals surface area contributed by atoms with Gasteiger partial charge in [-0.25, -0.2) is 8.78 Å². The molecule has 1 fully saturated rings. The molecule has 1 aromatic rings. The Bertz CT molecular complexity index is 482. The molecule has 98 valence electrons. The number of ether oxygens (including phenoxy) is 1. The smallest absolute Gasteiger partial charge is 0.295 e. The van der Waals surface area contributed by atoms with Gasteiger partial charge in [0.1, 0.15) is 0 Å². The van der Waals surface area contributed by atoms with E-state index in [2.05, 4.69) is 0 Å². The van der Waals surface area contributed by atoms with E-state index in [1.165, 1.54) is 12.0 Å². The molecule has 1 aliphatic heterocycles. The van der Waals surface area contributed by atoms with E-state index >= 15 is 0 Å². The van der Waals surface area contributed by atoms with Crippen molar-refractivity contribution < 1.29 is 18.4 Å². The molecule has 5 nitrogen and oxygen atoms in total. The predicted octanol–water partition coefficient (Wildman–Crippen LogP) is 2.10. The maximum Gasteiger partial charge on any atom is 0.295 e. The second-order valence-corrected chi connectivity index (χ2v) is 4.08. The van der Waals surface area contributed by atoms with Crippen LogP contribution in [0, 0.1) is 21.7 Å². The molecule has 0 N–H and O–H groups in total. The largest absolute Gasteiger partial charge is 0.380 e. The first kappa shape index (κ1) is 12.7. The van der Waals surface area contributed by atoms with Crippen molar-refractivity contribution >= 4 is 11.4 Å². The van der Waals surface area contributed by atoms with Crippen LogP contribution in [-0.2, 0) is 4.74 Å². The van der Waals surface area contributed by atoms with Crippen LogP contribution in [-0.4, -0.2) is 31.2 Å². The Balaban J connectivity index is 2.42. The Hall–Kier alpha value is -1.76. The van der Waals surface area contributed by atoms with E-state index in [0.717, 1.165) is 12.1 Å². The fourth-order valence-electron chi connectivity index (χ4n) is 2.10. The van der Waals surface area contributed by atoms with Crippen molar-refractivity contribution in [2.24, 2.45) is 0 Å². The average molecular weight is 258 g/mol. The lowest BCUT2D eigenvalue weighted by Gasteiger charge is -2.18. The number of benzene rings is 1. The fourth-order valence-corrected chi connectivity index (χ4v) is 2.10. The van der Waals surface area contributed by atoms with Crippen molar-refractivity contribution in [3.8, 4) is 0 Å². The molecule has 0 aromatic heterocycles. The van der Waals surface area contributed by atoms with Crippen molar-refractivity contribution in [2.75, 3.05) is 25.1 Å². The maximum absolute atomic E-state index is 13.7. The topological polar surface area (TPSA) is 55.6 Å². The molecule has 1 saturated heterocycles. The average Bonchev–Trinajstić information content (AvgIpc) is 2.80. The molecule has 1 atom stereocenters. The van der Waals surface area contributed by atoms with E-state index in [1.54, 1.807) is 0 Å². The highest BCUT2D eigenvalue weighted by Gasteiger charge is 2.31. The van der Waals surface area contributed by atoms with E-state index in [4.69, 9.17) is 4.74 Å². The first-order valence-electron chi connectivity index (χ1n) is 5.44. The van der Waals surface area contributed by atoms with Gasteiger partial charge in [0.05, 0.1) is 11.0 Å². The van der Waals surface area contributed by atoms with E-state index in [9.17, 15) is 18.9 Å². The van der Waals surface area contributed by atoms with Crippen molar-refractivity contribution in [1.29, 1.82) is 0 Å². The summed E-state index contributed by atoms with van der Waals surface area (Å²) < 4.78 is 32.0. The SMILES string of the molecule is COC1CCN(c2c([N+](=O)[O-])ccc(F)c2F)C1. The first-order chi connectivity index (χ1) is 8.54. The molecule has 0 saturated carbocycles. The summed E-state index contributed by atoms with van der Waals surface area (Å²) in [6.45, 7) is 0.720. The minimum absolute atomic E-state index is 0.118. The van der Waals surface area contributed by atoms with Crippen LogP contribution in [0.4, 0.5) is 20.2 Å². The Morgan fingerprint density at radius 2 is 2.22 bits per heavy atom. The van der Waals surface area contributed by atoms with E-state index in [1.807, 2.05) is 0 Å². The first-order valence-corrected chi connectivity index (χ1v) is 5.44. The van der Waals surface area contributed by atoms with Crippen molar-refractivity contribution in [3.05, 3.63) is 33.9 Å². The minimum Gasteiger partial charge on any atom is -0.380 e. The molecule has 0 radical (unpaired) electrons. The molecule has 1 aromatic carbocycles. The quantitative estimate of drug-likeness (QED) is 0.615. The minimum atomic E-state index is -1.18. The fraction of sp³-hybridized carbons (Fsp3) is 0.455. The number of hydrogen-bond donors (Lipinski definition) is 0. The number of nitro groups is 1. The van der Waals surface area contributed by atoms with Crippen LogP contribution in [0.5, 0.6) is 0 Å². The number of halogens is 2. The van der Waals surface area contributed by atoms with Crippen LogP contribution in [0.1, 0.15) is 6.42 Å². The van der Waals surface area contributed by atoms with Gasteiger partial charge in [-0.2, -0.15) is 0 Å². The Morgan fingerprint density at radius 1 is 1.50 bits per heavy atom. The zero-order chi connectivity index (χ0) is 13.3. The second kappa shape index (κ2) is 4.85. The third-order valence-corrected chi connectivity index (χ3v) is 3.04. The zero-order valence-corrected chi connectivity index (χ0v) is 9.73. The van der Waals surface area contributed by atoms with Crippen molar-refractivity contribution in [1.82, 2.24) is 0 Å². The number of rotatable bonds is 3. The number of anilines is 1. The van der Waals surface area contributed by atoms with Crippen LogP contribution >= 0.6 is 0 Å². The van der Waals surface area contributed by atoms with Gasteiger partial charge in [0.2, 0.25) is 0 Å². The Morgan fingerprint density at radius 3 is 2.78 bits per heavy atom. The lowest BCUT2D eigenvalue weighted by atomic mass is 10.2. The van der Waals surface area contributed by atoms with Crippen LogP contribution < -0.4 is 4.90 Å². The molecule has 1 heterocycles. The standard InChI is InChI=1S/C11H12F2N2O3/c1-18-7-4-5-14(6-7)11-9(15(16)17)3-2-8(12)10(11)13/h2-3,7H,4-6H2,1H3. The molecule has 2 rings (SSSR count). The van der Waals surface area contributed by atoms with Crippen LogP contribution in [0.2, 0.25) is 0 Å². The van der Waals surface area contributed by atoms with Gasteiger partial charge >= 0.3 is 0 Å². The van der Waals surface area contributed by atoms with Gasteiger partial charge < -0.3 is 9.64 Å². The van der Waals surface area contributed by atoms with Gasteiger partial charge in [-0.1, -0.05) is 0 Å². The molecule has 18 heavy (non-hydrogen) atoms. The van der Waals surface area contributed by atoms with E-state index in [0.29, 0.717) is 19.5 Å². The Kier molecular flexibility index (Phi) is 3.42. The summed E-state index contributed by atoms with van der Waals surface area (Å²) in [4.78, 5) is 11.6. The maximum atomic E-state index is 13.7. The monoisotopic (exact) mass is 258 g/mol. The van der Waals surface area contributed by atoms with Gasteiger partial charge in [-0.05, 0) is 12.5 Å². The van der Waals surface area contributed by atoms with E-state index in [-0.39, 0.29) is 11.8 Å². The second-order valence-electron chi connectivity index (χ2n) is 4.08. The Labute approximate surface area is 102 Å². The highest BCUT2D eigenvalue weighted by molar-refractivity contribution is 5.65. The molecular formula is C11H12F2N2O3. The van der Waals surface area contributed by atoms with Gasteiger partial charge in [0, 0.05) is 26.3 Å². The summed E-state index contributed by atoms with van der Waals surface area (Å²) in [5.41, 5.74) is -0.717. The van der Waals surface area contributed by atoms with Crippen LogP contribution in [0.3, 0.4) is 0 Å². The predicted molar refractivity (Wildman–Crippen MR) is 60.6 cm³/mol. The summed E-state index contributed by atoms with van der Waals surface area (Å²) >= 11 is 0. The summed E-state index contributed by atoms with van der Waals surface area (Å²) in [5.74, 6) is -2.27. The van der Waals surface area contributed by atoms with Crippen molar-refractivity contribution in [2.45, 2.75) is 12.5 Å². The van der Waals surface area contributed by atoms with Gasteiger partial charge in [0.15, 0.2) is 17.3 Å². The lowest BCUT2D eigenvalue weighted by Crippen LogP contribution is -2.24. The van der Waals surface area contributed by atoms with Gasteiger partial charge in [-0.15, -0.1) is 0 Å². The molecule has 1 unspecified atom stereocenters. The van der Waals surface area contributed by atoms with Gasteiger partial charge in [0.25, 0.3) is 5.69 Å². The third kappa shape index (κ3) is 2.13. The number of nitrogens with zero attached hydrogens (tertiary/aromatic N) is 2. The summed E-state index contributed by atoms with van der Waals surface area (Å²) in [6, 6.07) is 1.74. The molecule has 0 amide bonds. The normalized spacial score (nSPS) is 19.3. The molecule has 0 spiro atoms. The summed E-state index contributed by atoms with van der Waals surface area (Å²) in [7, 11) is 1.52. The zero-order valence-electron chi connectivity index (χ0n) is 9.73.